The van der Waals surface area contributed by atoms with Crippen molar-refractivity contribution in [3.8, 4) is 73.9 Å². The minimum absolute atomic E-state index is 0.0912. The van der Waals surface area contributed by atoms with Crippen LogP contribution in [0.15, 0.2) is 217 Å². The van der Waals surface area contributed by atoms with Crippen LogP contribution in [0.3, 0.4) is 0 Å². The van der Waals surface area contributed by atoms with Gasteiger partial charge >= 0.3 is 0 Å². The fourth-order valence-corrected chi connectivity index (χ4v) is 10.5. The van der Waals surface area contributed by atoms with E-state index < -0.39 is 5.41 Å². The molecule has 9 aromatic rings. The second-order valence-electron chi connectivity index (χ2n) is 17.5. The van der Waals surface area contributed by atoms with Crippen molar-refractivity contribution in [3.63, 3.8) is 0 Å². The van der Waals surface area contributed by atoms with E-state index >= 15 is 0 Å². The first-order valence-corrected chi connectivity index (χ1v) is 22.5. The van der Waals surface area contributed by atoms with Gasteiger partial charge in [0.05, 0.1) is 16.4 Å². The van der Waals surface area contributed by atoms with Crippen LogP contribution in [0.4, 0.5) is 0 Å². The lowest BCUT2D eigenvalue weighted by Crippen LogP contribution is -2.36. The van der Waals surface area contributed by atoms with Crippen LogP contribution >= 0.6 is 0 Å². The summed E-state index contributed by atoms with van der Waals surface area (Å²) < 4.78 is 2.38. The Balaban J connectivity index is 1.20. The maximum atomic E-state index is 5.42. The summed E-state index contributed by atoms with van der Waals surface area (Å²) in [4.78, 5) is 16.0. The molecule has 0 N–H and O–H groups in total. The smallest absolute Gasteiger partial charge is 0.164 e. The van der Waals surface area contributed by atoms with Crippen LogP contribution in [0.5, 0.6) is 0 Å². The molecule has 7 aromatic carbocycles. The third kappa shape index (κ3) is 6.34. The van der Waals surface area contributed by atoms with Gasteiger partial charge in [0, 0.05) is 45.1 Å². The average molecular weight is 833 g/mol. The highest BCUT2D eigenvalue weighted by Gasteiger charge is 2.51. The number of hydrogen-bond acceptors (Lipinski definition) is 3. The molecular formula is C61H44N4. The van der Waals surface area contributed by atoms with Gasteiger partial charge in [0.15, 0.2) is 17.5 Å². The van der Waals surface area contributed by atoms with E-state index in [0.29, 0.717) is 17.5 Å². The number of hydrogen-bond donors (Lipinski definition) is 0. The van der Waals surface area contributed by atoms with Crippen LogP contribution in [0.25, 0.3) is 83.9 Å². The Morgan fingerprint density at radius 1 is 0.554 bits per heavy atom. The van der Waals surface area contributed by atoms with Crippen LogP contribution in [0.2, 0.25) is 0 Å². The third-order valence-corrected chi connectivity index (χ3v) is 13.5. The molecule has 0 amide bonds. The van der Waals surface area contributed by atoms with Gasteiger partial charge in [0.2, 0.25) is 0 Å². The van der Waals surface area contributed by atoms with Crippen molar-refractivity contribution in [2.45, 2.75) is 32.1 Å². The number of fused-ring (bicyclic) bond motifs is 6. The van der Waals surface area contributed by atoms with Gasteiger partial charge in [-0.25, -0.2) is 15.0 Å². The van der Waals surface area contributed by atoms with Crippen molar-refractivity contribution in [1.82, 2.24) is 19.5 Å². The molecule has 0 saturated carbocycles. The van der Waals surface area contributed by atoms with Gasteiger partial charge < -0.3 is 4.57 Å². The summed E-state index contributed by atoms with van der Waals surface area (Å²) in [5.41, 5.74) is 16.4. The Bertz CT molecular complexity index is 3500. The molecule has 0 radical (unpaired) electrons. The number of rotatable bonds is 7. The van der Waals surface area contributed by atoms with Crippen molar-refractivity contribution in [2.24, 2.45) is 5.92 Å². The summed E-state index contributed by atoms with van der Waals surface area (Å²) in [7, 11) is 0. The highest BCUT2D eigenvalue weighted by Crippen LogP contribution is 2.61. The predicted octanol–water partition coefficient (Wildman–Crippen LogP) is 14.7. The molecular weight excluding hydrogens is 789 g/mol. The lowest BCUT2D eigenvalue weighted by atomic mass is 9.61. The normalized spacial score (nSPS) is 17.4. The topological polar surface area (TPSA) is 43.6 Å². The Kier molecular flexibility index (Phi) is 9.24. The van der Waals surface area contributed by atoms with Crippen LogP contribution in [0, 0.1) is 17.8 Å². The fourth-order valence-electron chi connectivity index (χ4n) is 10.5. The average Bonchev–Trinajstić information content (AvgIpc) is 3.75. The summed E-state index contributed by atoms with van der Waals surface area (Å²) in [5, 5.41) is 2.41. The number of aromatic nitrogens is 4. The van der Waals surface area contributed by atoms with E-state index in [-0.39, 0.29) is 5.92 Å². The van der Waals surface area contributed by atoms with Crippen LogP contribution in [-0.4, -0.2) is 19.5 Å². The SMILES string of the molecule is CC1=CCC(C2(C3=CC=C(C)CC#C3)c3ccccc3-c3c(-c4nc(-c5ccccc5)nc(-c5ccccc5)n4)cc(-c4ccc5c(c4)c4ccccc4n5-c4ccccc4)cc32)C=C1. The molecule has 308 valence electrons. The van der Waals surface area contributed by atoms with Gasteiger partial charge in [-0.15, -0.1) is 0 Å². The number of para-hydroxylation sites is 2. The molecule has 0 spiro atoms. The van der Waals surface area contributed by atoms with Crippen LogP contribution in [0.1, 0.15) is 37.8 Å². The standard InChI is InChI=1S/C61H44N4/c1-40-17-16-22-46(33-29-40)61(47-34-30-41(2)31-35-47)53-27-14-12-26-50(53)57-52(60-63-58(42-18-6-3-7-19-42)62-59(64-60)43-20-8-4-9-21-43)38-45(39-54(57)61)44-32-36-56-51(37-44)49-25-13-15-28-55(49)65(56)48-23-10-5-11-24-48/h3-15,18-21,23-34,36-39,47H,17,35H2,1-2H3. The molecule has 0 fully saturated rings. The minimum atomic E-state index is -0.608. The fraction of sp³-hybridized carbons (Fsp3) is 0.0984. The van der Waals surface area contributed by atoms with Crippen molar-refractivity contribution in [3.05, 3.63) is 228 Å². The van der Waals surface area contributed by atoms with Gasteiger partial charge in [-0.3, -0.25) is 0 Å². The van der Waals surface area contributed by atoms with Gasteiger partial charge in [-0.1, -0.05) is 175 Å². The first-order valence-electron chi connectivity index (χ1n) is 22.5. The van der Waals surface area contributed by atoms with Crippen molar-refractivity contribution in [2.75, 3.05) is 0 Å². The monoisotopic (exact) mass is 832 g/mol. The highest BCUT2D eigenvalue weighted by molar-refractivity contribution is 6.10. The maximum absolute atomic E-state index is 5.42. The van der Waals surface area contributed by atoms with Gasteiger partial charge in [0.1, 0.15) is 0 Å². The molecule has 2 aromatic heterocycles. The van der Waals surface area contributed by atoms with E-state index in [1.54, 1.807) is 0 Å². The molecule has 2 atom stereocenters. The Hall–Kier alpha value is -8.13. The Labute approximate surface area is 379 Å². The molecule has 4 heteroatoms. The maximum Gasteiger partial charge on any atom is 0.164 e. The Morgan fingerprint density at radius 2 is 1.22 bits per heavy atom. The minimum Gasteiger partial charge on any atom is -0.309 e. The van der Waals surface area contributed by atoms with Crippen LogP contribution < -0.4 is 0 Å². The quantitative estimate of drug-likeness (QED) is 0.150. The van der Waals surface area contributed by atoms with Crippen molar-refractivity contribution >= 4 is 21.8 Å². The zero-order valence-corrected chi connectivity index (χ0v) is 36.3. The number of benzene rings is 7. The van der Waals surface area contributed by atoms with Gasteiger partial charge in [-0.05, 0) is 108 Å². The summed E-state index contributed by atoms with van der Waals surface area (Å²) in [5.74, 6) is 9.38. The van der Waals surface area contributed by atoms with Crippen LogP contribution in [-0.2, 0) is 5.41 Å². The lowest BCUT2D eigenvalue weighted by molar-refractivity contribution is 0.457. The summed E-state index contributed by atoms with van der Waals surface area (Å²) >= 11 is 0. The molecule has 12 rings (SSSR count). The van der Waals surface area contributed by atoms with Gasteiger partial charge in [0.25, 0.3) is 0 Å². The molecule has 0 saturated heterocycles. The third-order valence-electron chi connectivity index (χ3n) is 13.5. The van der Waals surface area contributed by atoms with E-state index in [4.69, 9.17) is 15.0 Å². The van der Waals surface area contributed by atoms with E-state index in [1.165, 1.54) is 44.1 Å². The molecule has 0 aliphatic heterocycles. The summed E-state index contributed by atoms with van der Waals surface area (Å²) in [6.07, 6.45) is 13.3. The van der Waals surface area contributed by atoms with Gasteiger partial charge in [-0.2, -0.15) is 0 Å². The lowest BCUT2D eigenvalue weighted by Gasteiger charge is -2.40. The Morgan fingerprint density at radius 3 is 1.95 bits per heavy atom. The van der Waals surface area contributed by atoms with E-state index in [9.17, 15) is 0 Å². The zero-order chi connectivity index (χ0) is 43.5. The summed E-state index contributed by atoms with van der Waals surface area (Å²) in [6.45, 7) is 4.38. The largest absolute Gasteiger partial charge is 0.309 e. The van der Waals surface area contributed by atoms with E-state index in [1.807, 2.05) is 36.4 Å². The van der Waals surface area contributed by atoms with E-state index in [2.05, 4.69) is 194 Å². The molecule has 65 heavy (non-hydrogen) atoms. The summed E-state index contributed by atoms with van der Waals surface area (Å²) in [6, 6.07) is 60.7. The van der Waals surface area contributed by atoms with Crippen molar-refractivity contribution in [1.29, 1.82) is 0 Å². The molecule has 3 aliphatic carbocycles. The number of nitrogens with zero attached hydrogens (tertiary/aromatic N) is 4. The van der Waals surface area contributed by atoms with Crippen molar-refractivity contribution < 1.29 is 0 Å². The molecule has 3 aliphatic rings. The first kappa shape index (κ1) is 38.5. The molecule has 4 nitrogen and oxygen atoms in total. The second kappa shape index (κ2) is 15.6. The zero-order valence-electron chi connectivity index (χ0n) is 36.3. The molecule has 2 heterocycles. The predicted molar refractivity (Wildman–Crippen MR) is 267 cm³/mol. The molecule has 2 unspecified atom stereocenters. The number of allylic oxidation sites excluding steroid dienone is 8. The highest BCUT2D eigenvalue weighted by atomic mass is 15.0. The first-order chi connectivity index (χ1) is 32.0. The van der Waals surface area contributed by atoms with E-state index in [0.717, 1.165) is 63.0 Å². The second-order valence-corrected chi connectivity index (χ2v) is 17.5. The molecule has 0 bridgehead atoms.